The summed E-state index contributed by atoms with van der Waals surface area (Å²) in [7, 11) is 0. The highest BCUT2D eigenvalue weighted by atomic mass is 14.2. The van der Waals surface area contributed by atoms with E-state index in [0.717, 1.165) is 6.71 Å². The molecular formula is C13H29B. The van der Waals surface area contributed by atoms with Crippen molar-refractivity contribution in [2.45, 2.75) is 79.3 Å². The van der Waals surface area contributed by atoms with E-state index in [1.54, 1.807) is 0 Å². The van der Waals surface area contributed by atoms with Crippen LogP contribution in [0.25, 0.3) is 0 Å². The van der Waals surface area contributed by atoms with E-state index in [1.165, 1.54) is 25.6 Å². The van der Waals surface area contributed by atoms with E-state index in [1.807, 2.05) is 0 Å². The highest BCUT2D eigenvalue weighted by molar-refractivity contribution is 6.60. The maximum Gasteiger partial charge on any atom is 0.143 e. The maximum atomic E-state index is 2.44. The second kappa shape index (κ2) is 5.23. The van der Waals surface area contributed by atoms with Crippen molar-refractivity contribution in [2.24, 2.45) is 5.41 Å². The fraction of sp³-hybridized carbons (Fsp3) is 1.00. The largest absolute Gasteiger partial charge is 0.143 e. The van der Waals surface area contributed by atoms with E-state index in [9.17, 15) is 0 Å². The lowest BCUT2D eigenvalue weighted by molar-refractivity contribution is 0.331. The molecule has 0 aliphatic heterocycles. The van der Waals surface area contributed by atoms with Gasteiger partial charge in [0.2, 0.25) is 0 Å². The first-order valence-electron chi connectivity index (χ1n) is 6.31. The Bertz CT molecular complexity index is 157. The fourth-order valence-electron chi connectivity index (χ4n) is 1.90. The molecule has 0 saturated heterocycles. The molecule has 0 aromatic carbocycles. The van der Waals surface area contributed by atoms with Crippen molar-refractivity contribution in [1.82, 2.24) is 0 Å². The van der Waals surface area contributed by atoms with Gasteiger partial charge in [-0.1, -0.05) is 79.3 Å². The lowest BCUT2D eigenvalue weighted by Crippen LogP contribution is -2.30. The third-order valence-corrected chi connectivity index (χ3v) is 4.75. The van der Waals surface area contributed by atoms with Gasteiger partial charge in [0.25, 0.3) is 0 Å². The summed E-state index contributed by atoms with van der Waals surface area (Å²) in [6.07, 6.45) is 5.29. The quantitative estimate of drug-likeness (QED) is 0.516. The molecular weight excluding hydrogens is 167 g/mol. The van der Waals surface area contributed by atoms with Crippen LogP contribution in [-0.2, 0) is 0 Å². The molecule has 0 unspecified atom stereocenters. The Labute approximate surface area is 91.9 Å². The van der Waals surface area contributed by atoms with Crippen molar-refractivity contribution in [1.29, 1.82) is 0 Å². The molecule has 0 aromatic rings. The maximum absolute atomic E-state index is 2.44. The molecule has 0 N–H and O–H groups in total. The second-order valence-electron chi connectivity index (χ2n) is 5.97. The van der Waals surface area contributed by atoms with E-state index in [4.69, 9.17) is 0 Å². The van der Waals surface area contributed by atoms with Crippen LogP contribution in [0.2, 0.25) is 18.5 Å². The van der Waals surface area contributed by atoms with Gasteiger partial charge >= 0.3 is 0 Å². The summed E-state index contributed by atoms with van der Waals surface area (Å²) in [5.41, 5.74) is 0.561. The fourth-order valence-corrected chi connectivity index (χ4v) is 1.90. The van der Waals surface area contributed by atoms with E-state index in [-0.39, 0.29) is 0 Å². The zero-order valence-corrected chi connectivity index (χ0v) is 11.4. The van der Waals surface area contributed by atoms with Crippen LogP contribution in [-0.4, -0.2) is 6.71 Å². The molecule has 0 bridgehead atoms. The van der Waals surface area contributed by atoms with Crippen molar-refractivity contribution in [3.05, 3.63) is 0 Å². The molecule has 0 fully saturated rings. The van der Waals surface area contributed by atoms with Crippen LogP contribution in [0.15, 0.2) is 0 Å². The van der Waals surface area contributed by atoms with Crippen molar-refractivity contribution < 1.29 is 0 Å². The molecule has 0 amide bonds. The first kappa shape index (κ1) is 14.1. The van der Waals surface area contributed by atoms with Crippen LogP contribution < -0.4 is 0 Å². The van der Waals surface area contributed by atoms with Gasteiger partial charge in [0.15, 0.2) is 0 Å². The zero-order valence-electron chi connectivity index (χ0n) is 11.4. The molecule has 0 spiro atoms. The molecule has 0 atom stereocenters. The Hall–Kier alpha value is 0.0649. The topological polar surface area (TPSA) is 0 Å². The summed E-state index contributed by atoms with van der Waals surface area (Å²) in [5.74, 6) is 0. The Morgan fingerprint density at radius 1 is 0.857 bits per heavy atom. The Kier molecular flexibility index (Phi) is 5.26. The summed E-state index contributed by atoms with van der Waals surface area (Å²) in [5, 5.41) is 0.506. The predicted octanol–water partition coefficient (Wildman–Crippen LogP) is 5.13. The Morgan fingerprint density at radius 3 is 1.57 bits per heavy atom. The summed E-state index contributed by atoms with van der Waals surface area (Å²) < 4.78 is 0. The monoisotopic (exact) mass is 196 g/mol. The average molecular weight is 196 g/mol. The number of hydrogen-bond acceptors (Lipinski definition) is 0. The average Bonchev–Trinajstić information content (AvgIpc) is 2.17. The number of hydrogen-bond donors (Lipinski definition) is 0. The minimum Gasteiger partial charge on any atom is -0.0856 e. The van der Waals surface area contributed by atoms with Gasteiger partial charge in [-0.3, -0.25) is 0 Å². The first-order chi connectivity index (χ1) is 6.31. The van der Waals surface area contributed by atoms with E-state index in [0.29, 0.717) is 10.7 Å². The molecule has 0 aliphatic rings. The van der Waals surface area contributed by atoms with Crippen molar-refractivity contribution in [3.8, 4) is 0 Å². The van der Waals surface area contributed by atoms with Gasteiger partial charge in [-0.05, 0) is 5.41 Å². The number of rotatable bonds is 6. The lowest BCUT2D eigenvalue weighted by atomic mass is 9.30. The molecule has 0 aromatic heterocycles. The van der Waals surface area contributed by atoms with Crippen LogP contribution in [0.4, 0.5) is 0 Å². The minimum absolute atomic E-state index is 0.506. The highest BCUT2D eigenvalue weighted by Crippen LogP contribution is 2.41. The standard InChI is InChI=1S/C13H29B/c1-8-12(4,5)14(7)11-13(6,9-2)10-3/h8-11H2,1-7H3. The smallest absolute Gasteiger partial charge is 0.0856 e. The van der Waals surface area contributed by atoms with E-state index in [2.05, 4.69) is 48.4 Å². The molecule has 0 saturated carbocycles. The van der Waals surface area contributed by atoms with Crippen LogP contribution in [0.3, 0.4) is 0 Å². The molecule has 0 rings (SSSR count). The molecule has 14 heavy (non-hydrogen) atoms. The van der Waals surface area contributed by atoms with Crippen LogP contribution >= 0.6 is 0 Å². The molecule has 0 aliphatic carbocycles. The zero-order chi connectivity index (χ0) is 11.4. The summed E-state index contributed by atoms with van der Waals surface area (Å²) in [6.45, 7) is 17.5. The molecule has 0 nitrogen and oxygen atoms in total. The van der Waals surface area contributed by atoms with Crippen molar-refractivity contribution >= 4 is 6.71 Å². The first-order valence-corrected chi connectivity index (χ1v) is 6.31. The van der Waals surface area contributed by atoms with Crippen LogP contribution in [0.5, 0.6) is 0 Å². The second-order valence-corrected chi connectivity index (χ2v) is 5.97. The predicted molar refractivity (Wildman–Crippen MR) is 69.4 cm³/mol. The summed E-state index contributed by atoms with van der Waals surface area (Å²) >= 11 is 0. The van der Waals surface area contributed by atoms with Crippen molar-refractivity contribution in [2.75, 3.05) is 0 Å². The molecule has 1 heteroatoms. The van der Waals surface area contributed by atoms with E-state index >= 15 is 0 Å². The molecule has 84 valence electrons. The summed E-state index contributed by atoms with van der Waals surface area (Å²) in [6, 6.07) is 0. The SMILES string of the molecule is CCC(C)(CC)CB(C)C(C)(C)CC. The highest BCUT2D eigenvalue weighted by Gasteiger charge is 2.32. The normalized spacial score (nSPS) is 13.1. The third kappa shape index (κ3) is 3.67. The van der Waals surface area contributed by atoms with Gasteiger partial charge in [0, 0.05) is 0 Å². The van der Waals surface area contributed by atoms with Crippen LogP contribution in [0, 0.1) is 5.41 Å². The van der Waals surface area contributed by atoms with Gasteiger partial charge in [-0.2, -0.15) is 0 Å². The van der Waals surface area contributed by atoms with Crippen LogP contribution in [0.1, 0.15) is 60.8 Å². The lowest BCUT2D eigenvalue weighted by Gasteiger charge is -2.36. The van der Waals surface area contributed by atoms with Gasteiger partial charge < -0.3 is 0 Å². The molecule has 0 heterocycles. The third-order valence-electron chi connectivity index (χ3n) is 4.75. The van der Waals surface area contributed by atoms with Gasteiger partial charge in [0.05, 0.1) is 0 Å². The summed E-state index contributed by atoms with van der Waals surface area (Å²) in [4.78, 5) is 0. The van der Waals surface area contributed by atoms with E-state index < -0.39 is 0 Å². The minimum atomic E-state index is 0.506. The van der Waals surface area contributed by atoms with Gasteiger partial charge in [-0.15, -0.1) is 0 Å². The van der Waals surface area contributed by atoms with Gasteiger partial charge in [-0.25, -0.2) is 0 Å². The van der Waals surface area contributed by atoms with Gasteiger partial charge in [0.1, 0.15) is 6.71 Å². The van der Waals surface area contributed by atoms with Crippen molar-refractivity contribution in [3.63, 3.8) is 0 Å². The Balaban J connectivity index is 4.36. The Morgan fingerprint density at radius 2 is 1.29 bits per heavy atom. The molecule has 0 radical (unpaired) electrons.